The van der Waals surface area contributed by atoms with Crippen LogP contribution in [0.2, 0.25) is 0 Å². The summed E-state index contributed by atoms with van der Waals surface area (Å²) >= 11 is 0. The third kappa shape index (κ3) is 4.38. The Bertz CT molecular complexity index is 175. The summed E-state index contributed by atoms with van der Waals surface area (Å²) < 4.78 is 4.55. The van der Waals surface area contributed by atoms with E-state index in [9.17, 15) is 4.79 Å². The van der Waals surface area contributed by atoms with Crippen molar-refractivity contribution in [1.82, 2.24) is 0 Å². The molecule has 0 aromatic heterocycles. The van der Waals surface area contributed by atoms with Crippen molar-refractivity contribution in [2.45, 2.75) is 13.8 Å². The number of primary amides is 1. The lowest BCUT2D eigenvalue weighted by Crippen LogP contribution is -2.15. The third-order valence-electron chi connectivity index (χ3n) is 1.47. The summed E-state index contributed by atoms with van der Waals surface area (Å²) in [5.41, 5.74) is 12.1. The Labute approximate surface area is 66.2 Å². The molecule has 0 aromatic carbocycles. The quantitative estimate of drug-likeness (QED) is 0.583. The number of carbonyl (C=O) groups is 1. The maximum absolute atomic E-state index is 10.2. The van der Waals surface area contributed by atoms with Gasteiger partial charge in [0, 0.05) is 6.54 Å². The minimum absolute atomic E-state index is 0.234. The van der Waals surface area contributed by atoms with Crippen LogP contribution in [0.4, 0.5) is 4.79 Å². The lowest BCUT2D eigenvalue weighted by atomic mass is 10.2. The van der Waals surface area contributed by atoms with Gasteiger partial charge in [-0.05, 0) is 19.4 Å². The number of amides is 1. The molecule has 0 spiro atoms. The molecule has 0 atom stereocenters. The molecular weight excluding hydrogens is 144 g/mol. The molecule has 0 fully saturated rings. The van der Waals surface area contributed by atoms with E-state index in [1.165, 1.54) is 0 Å². The Morgan fingerprint density at radius 1 is 1.36 bits per heavy atom. The molecule has 64 valence electrons. The molecule has 0 aliphatic rings. The van der Waals surface area contributed by atoms with Crippen molar-refractivity contribution in [3.05, 3.63) is 11.1 Å². The van der Waals surface area contributed by atoms with Crippen molar-refractivity contribution in [1.29, 1.82) is 0 Å². The van der Waals surface area contributed by atoms with Crippen molar-refractivity contribution in [3.63, 3.8) is 0 Å². The fourth-order valence-corrected chi connectivity index (χ4v) is 0.477. The molecule has 4 nitrogen and oxygen atoms in total. The van der Waals surface area contributed by atoms with E-state index in [4.69, 9.17) is 11.5 Å². The predicted molar refractivity (Wildman–Crippen MR) is 43.0 cm³/mol. The molecule has 4 N–H and O–H groups in total. The summed E-state index contributed by atoms with van der Waals surface area (Å²) in [6.07, 6.45) is -0.755. The first-order chi connectivity index (χ1) is 5.07. The van der Waals surface area contributed by atoms with Crippen LogP contribution in [0.5, 0.6) is 0 Å². The van der Waals surface area contributed by atoms with Crippen molar-refractivity contribution in [3.8, 4) is 0 Å². The van der Waals surface area contributed by atoms with Gasteiger partial charge in [0.15, 0.2) is 0 Å². The summed E-state index contributed by atoms with van der Waals surface area (Å²) in [5.74, 6) is 0. The van der Waals surface area contributed by atoms with Gasteiger partial charge in [-0.3, -0.25) is 0 Å². The zero-order valence-electron chi connectivity index (χ0n) is 6.89. The summed E-state index contributed by atoms with van der Waals surface area (Å²) in [5, 5.41) is 0. The summed E-state index contributed by atoms with van der Waals surface area (Å²) in [7, 11) is 0. The number of ether oxygens (including phenoxy) is 1. The van der Waals surface area contributed by atoms with Crippen LogP contribution < -0.4 is 11.5 Å². The standard InChI is InChI=1S/C7H14N2O2/c1-5(3-8)6(2)4-11-7(9)10/h3-4,8H2,1-2H3,(H2,9,10)/b6-5+. The monoisotopic (exact) mass is 158 g/mol. The van der Waals surface area contributed by atoms with Gasteiger partial charge in [-0.25, -0.2) is 4.79 Å². The molecule has 0 unspecified atom stereocenters. The SMILES string of the molecule is C/C(CN)=C(/C)COC(N)=O. The zero-order chi connectivity index (χ0) is 8.85. The molecule has 0 heterocycles. The first-order valence-electron chi connectivity index (χ1n) is 3.35. The van der Waals surface area contributed by atoms with Gasteiger partial charge in [-0.15, -0.1) is 0 Å². The van der Waals surface area contributed by atoms with E-state index < -0.39 is 6.09 Å². The van der Waals surface area contributed by atoms with E-state index in [1.54, 1.807) is 0 Å². The van der Waals surface area contributed by atoms with Gasteiger partial charge in [-0.1, -0.05) is 5.57 Å². The van der Waals surface area contributed by atoms with E-state index >= 15 is 0 Å². The average Bonchev–Trinajstić information content (AvgIpc) is 1.98. The van der Waals surface area contributed by atoms with E-state index in [0.29, 0.717) is 6.54 Å². The Balaban J connectivity index is 3.85. The maximum atomic E-state index is 10.2. The summed E-state index contributed by atoms with van der Waals surface area (Å²) in [6.45, 7) is 4.46. The molecule has 0 saturated heterocycles. The maximum Gasteiger partial charge on any atom is 0.404 e. The largest absolute Gasteiger partial charge is 0.445 e. The van der Waals surface area contributed by atoms with Gasteiger partial charge in [0.1, 0.15) is 6.61 Å². The van der Waals surface area contributed by atoms with Crippen molar-refractivity contribution < 1.29 is 9.53 Å². The first kappa shape index (κ1) is 9.97. The van der Waals surface area contributed by atoms with E-state index in [2.05, 4.69) is 4.74 Å². The van der Waals surface area contributed by atoms with Crippen molar-refractivity contribution >= 4 is 6.09 Å². The lowest BCUT2D eigenvalue weighted by molar-refractivity contribution is 0.166. The molecule has 0 aliphatic heterocycles. The number of hydrogen-bond donors (Lipinski definition) is 2. The van der Waals surface area contributed by atoms with E-state index in [1.807, 2.05) is 13.8 Å². The average molecular weight is 158 g/mol. The van der Waals surface area contributed by atoms with Gasteiger partial charge in [-0.2, -0.15) is 0 Å². The van der Waals surface area contributed by atoms with Crippen LogP contribution in [0.1, 0.15) is 13.8 Å². The minimum atomic E-state index is -0.755. The Morgan fingerprint density at radius 3 is 2.27 bits per heavy atom. The van der Waals surface area contributed by atoms with Crippen LogP contribution in [0.25, 0.3) is 0 Å². The van der Waals surface area contributed by atoms with Crippen LogP contribution >= 0.6 is 0 Å². The molecule has 0 rings (SSSR count). The highest BCUT2D eigenvalue weighted by Gasteiger charge is 1.97. The summed E-state index contributed by atoms with van der Waals surface area (Å²) in [4.78, 5) is 10.2. The second kappa shape index (κ2) is 4.73. The Kier molecular flexibility index (Phi) is 4.29. The highest BCUT2D eigenvalue weighted by atomic mass is 16.5. The van der Waals surface area contributed by atoms with Crippen LogP contribution in [0.15, 0.2) is 11.1 Å². The topological polar surface area (TPSA) is 78.3 Å². The number of carbonyl (C=O) groups excluding carboxylic acids is 1. The minimum Gasteiger partial charge on any atom is -0.445 e. The van der Waals surface area contributed by atoms with Crippen molar-refractivity contribution in [2.75, 3.05) is 13.2 Å². The molecule has 0 aromatic rings. The summed E-state index contributed by atoms with van der Waals surface area (Å²) in [6, 6.07) is 0. The van der Waals surface area contributed by atoms with Gasteiger partial charge in [0.25, 0.3) is 0 Å². The number of rotatable bonds is 3. The van der Waals surface area contributed by atoms with E-state index in [0.717, 1.165) is 11.1 Å². The van der Waals surface area contributed by atoms with Crippen LogP contribution in [0, 0.1) is 0 Å². The lowest BCUT2D eigenvalue weighted by Gasteiger charge is -2.04. The third-order valence-corrected chi connectivity index (χ3v) is 1.47. The molecule has 0 radical (unpaired) electrons. The van der Waals surface area contributed by atoms with Gasteiger partial charge < -0.3 is 16.2 Å². The van der Waals surface area contributed by atoms with E-state index in [-0.39, 0.29) is 6.61 Å². The van der Waals surface area contributed by atoms with Crippen LogP contribution in [-0.2, 0) is 4.74 Å². The number of nitrogens with two attached hydrogens (primary N) is 2. The van der Waals surface area contributed by atoms with Crippen molar-refractivity contribution in [2.24, 2.45) is 11.5 Å². The molecule has 11 heavy (non-hydrogen) atoms. The van der Waals surface area contributed by atoms with Crippen LogP contribution in [-0.4, -0.2) is 19.2 Å². The Morgan fingerprint density at radius 2 is 1.91 bits per heavy atom. The second-order valence-corrected chi connectivity index (χ2v) is 2.37. The molecule has 4 heteroatoms. The normalized spacial score (nSPS) is 12.3. The molecule has 0 saturated carbocycles. The highest BCUT2D eigenvalue weighted by Crippen LogP contribution is 2.01. The molecule has 1 amide bonds. The van der Waals surface area contributed by atoms with Gasteiger partial charge >= 0.3 is 6.09 Å². The molecule has 0 bridgehead atoms. The van der Waals surface area contributed by atoms with Gasteiger partial charge in [0.2, 0.25) is 0 Å². The molecular formula is C7H14N2O2. The Hall–Kier alpha value is -1.03. The predicted octanol–water partition coefficient (Wildman–Crippen LogP) is 0.377. The van der Waals surface area contributed by atoms with Crippen LogP contribution in [0.3, 0.4) is 0 Å². The second-order valence-electron chi connectivity index (χ2n) is 2.37. The fraction of sp³-hybridized carbons (Fsp3) is 0.571. The smallest absolute Gasteiger partial charge is 0.404 e. The molecule has 0 aliphatic carbocycles. The number of hydrogen-bond acceptors (Lipinski definition) is 3. The highest BCUT2D eigenvalue weighted by molar-refractivity contribution is 5.64. The fourth-order valence-electron chi connectivity index (χ4n) is 0.477. The first-order valence-corrected chi connectivity index (χ1v) is 3.35. The zero-order valence-corrected chi connectivity index (χ0v) is 6.89. The van der Waals surface area contributed by atoms with Gasteiger partial charge in [0.05, 0.1) is 0 Å².